The van der Waals surface area contributed by atoms with Gasteiger partial charge in [-0.25, -0.2) is 4.98 Å². The number of fused-ring (bicyclic) bond motifs is 7. The zero-order chi connectivity index (χ0) is 39.6. The highest BCUT2D eigenvalue weighted by molar-refractivity contribution is 6.12. The first-order chi connectivity index (χ1) is 29.7. The molecule has 0 radical (unpaired) electrons. The lowest BCUT2D eigenvalue weighted by Crippen LogP contribution is -1.94. The Morgan fingerprint density at radius 3 is 1.37 bits per heavy atom. The minimum absolute atomic E-state index is 0.942. The Hall–Kier alpha value is -8.08. The van der Waals surface area contributed by atoms with E-state index in [0.717, 1.165) is 61.4 Å². The Bertz CT molecular complexity index is 3570. The molecule has 0 saturated heterocycles. The van der Waals surface area contributed by atoms with Crippen LogP contribution >= 0.6 is 0 Å². The van der Waals surface area contributed by atoms with Gasteiger partial charge in [-0.15, -0.1) is 0 Å². The van der Waals surface area contributed by atoms with E-state index in [1.165, 1.54) is 49.2 Å². The molecule has 4 heterocycles. The molecule has 4 heteroatoms. The second kappa shape index (κ2) is 13.8. The summed E-state index contributed by atoms with van der Waals surface area (Å²) in [4.78, 5) is 9.63. The topological polar surface area (TPSA) is 35.6 Å². The van der Waals surface area contributed by atoms with Crippen LogP contribution in [-0.4, -0.2) is 19.1 Å². The number of hydrogen-bond donors (Lipinski definition) is 0. The fraction of sp³-hybridized carbons (Fsp3) is 0. The van der Waals surface area contributed by atoms with Crippen molar-refractivity contribution in [1.29, 1.82) is 0 Å². The summed E-state index contributed by atoms with van der Waals surface area (Å²) in [5.41, 5.74) is 16.9. The summed E-state index contributed by atoms with van der Waals surface area (Å²) in [6.07, 6.45) is 3.69. The number of rotatable bonds is 6. The summed E-state index contributed by atoms with van der Waals surface area (Å²) < 4.78 is 4.72. The maximum Gasteiger partial charge on any atom is 0.0716 e. The average Bonchev–Trinajstić information content (AvgIpc) is 3.84. The van der Waals surface area contributed by atoms with Gasteiger partial charge in [0.2, 0.25) is 0 Å². The number of nitrogens with zero attached hydrogens (tertiary/aromatic N) is 4. The highest BCUT2D eigenvalue weighted by Gasteiger charge is 2.17. The van der Waals surface area contributed by atoms with Crippen LogP contribution in [0.15, 0.2) is 219 Å². The largest absolute Gasteiger partial charge is 0.309 e. The normalized spacial score (nSPS) is 11.7. The predicted octanol–water partition coefficient (Wildman–Crippen LogP) is 14.5. The SMILES string of the molecule is c1ccc(-n2c3ccccc3c3cc(-c4ccc5nc(-c6ccc7c(c6)c6ccccc6n7-c6ccccc6)cc(-c6ccc(-c7ccncc7)cc6)c5c4)ccc32)cc1. The first-order valence-electron chi connectivity index (χ1n) is 20.4. The quantitative estimate of drug-likeness (QED) is 0.169. The lowest BCUT2D eigenvalue weighted by Gasteiger charge is -2.14. The van der Waals surface area contributed by atoms with Crippen LogP contribution in [0.5, 0.6) is 0 Å². The molecule has 0 saturated carbocycles. The van der Waals surface area contributed by atoms with Gasteiger partial charge in [0.05, 0.1) is 33.3 Å². The molecule has 0 bridgehead atoms. The summed E-state index contributed by atoms with van der Waals surface area (Å²) in [5, 5.41) is 6.01. The molecule has 12 rings (SSSR count). The lowest BCUT2D eigenvalue weighted by molar-refractivity contribution is 1.18. The van der Waals surface area contributed by atoms with Crippen LogP contribution < -0.4 is 0 Å². The van der Waals surface area contributed by atoms with Gasteiger partial charge >= 0.3 is 0 Å². The van der Waals surface area contributed by atoms with Crippen LogP contribution in [0.3, 0.4) is 0 Å². The first-order valence-corrected chi connectivity index (χ1v) is 20.4. The van der Waals surface area contributed by atoms with Gasteiger partial charge in [0.25, 0.3) is 0 Å². The third-order valence-corrected chi connectivity index (χ3v) is 12.0. The molecule has 0 spiro atoms. The summed E-state index contributed by atoms with van der Waals surface area (Å²) in [6.45, 7) is 0. The van der Waals surface area contributed by atoms with E-state index < -0.39 is 0 Å². The van der Waals surface area contributed by atoms with Crippen LogP contribution in [0, 0.1) is 0 Å². The zero-order valence-electron chi connectivity index (χ0n) is 32.6. The van der Waals surface area contributed by atoms with Gasteiger partial charge in [-0.1, -0.05) is 115 Å². The molecular weight excluding hydrogens is 729 g/mol. The number of aromatic nitrogens is 4. The molecule has 4 nitrogen and oxygen atoms in total. The van der Waals surface area contributed by atoms with Crippen molar-refractivity contribution in [3.8, 4) is 56.0 Å². The Morgan fingerprint density at radius 1 is 0.300 bits per heavy atom. The zero-order valence-corrected chi connectivity index (χ0v) is 32.6. The number of hydrogen-bond acceptors (Lipinski definition) is 2. The van der Waals surface area contributed by atoms with E-state index in [0.29, 0.717) is 0 Å². The summed E-state index contributed by atoms with van der Waals surface area (Å²) in [6, 6.07) is 74.3. The molecule has 280 valence electrons. The molecule has 0 amide bonds. The van der Waals surface area contributed by atoms with Crippen molar-refractivity contribution < 1.29 is 0 Å². The third-order valence-electron chi connectivity index (χ3n) is 12.0. The molecule has 0 fully saturated rings. The fourth-order valence-corrected chi connectivity index (χ4v) is 9.17. The smallest absolute Gasteiger partial charge is 0.0716 e. The second-order valence-corrected chi connectivity index (χ2v) is 15.4. The third kappa shape index (κ3) is 5.53. The molecule has 0 unspecified atom stereocenters. The van der Waals surface area contributed by atoms with Crippen LogP contribution in [0.2, 0.25) is 0 Å². The van der Waals surface area contributed by atoms with Gasteiger partial charge in [-0.2, -0.15) is 0 Å². The van der Waals surface area contributed by atoms with E-state index in [4.69, 9.17) is 4.98 Å². The monoisotopic (exact) mass is 764 g/mol. The average molecular weight is 765 g/mol. The summed E-state index contributed by atoms with van der Waals surface area (Å²) in [5.74, 6) is 0. The van der Waals surface area contributed by atoms with E-state index in [9.17, 15) is 0 Å². The van der Waals surface area contributed by atoms with E-state index in [-0.39, 0.29) is 0 Å². The lowest BCUT2D eigenvalue weighted by atomic mass is 9.94. The highest BCUT2D eigenvalue weighted by Crippen LogP contribution is 2.40. The standard InChI is InChI=1S/C56H36N4/c1-3-11-43(12-4-1)59-53-17-9-7-15-45(53)49-34-41(24-27-55(49)59)40-23-26-51-48(33-40)47(39-21-19-37(20-22-39)38-29-31-57-32-30-38)36-52(58-51)42-25-28-56-50(35-42)46-16-8-10-18-54(46)60(56)44-13-5-2-6-14-44/h1-36H. The van der Waals surface area contributed by atoms with Gasteiger partial charge in [0.1, 0.15) is 0 Å². The minimum atomic E-state index is 0.942. The molecule has 0 aliphatic rings. The molecule has 60 heavy (non-hydrogen) atoms. The van der Waals surface area contributed by atoms with Gasteiger partial charge in [-0.3, -0.25) is 4.98 Å². The molecule has 0 atom stereocenters. The predicted molar refractivity (Wildman–Crippen MR) is 250 cm³/mol. The Morgan fingerprint density at radius 2 is 0.750 bits per heavy atom. The van der Waals surface area contributed by atoms with Gasteiger partial charge in [0, 0.05) is 56.3 Å². The van der Waals surface area contributed by atoms with Gasteiger partial charge < -0.3 is 9.13 Å². The van der Waals surface area contributed by atoms with Crippen LogP contribution in [-0.2, 0) is 0 Å². The molecule has 0 aliphatic heterocycles. The van der Waals surface area contributed by atoms with Crippen molar-refractivity contribution in [2.24, 2.45) is 0 Å². The number of pyridine rings is 2. The molecular formula is C56H36N4. The highest BCUT2D eigenvalue weighted by atomic mass is 15.0. The van der Waals surface area contributed by atoms with E-state index in [2.05, 4.69) is 220 Å². The van der Waals surface area contributed by atoms with Crippen LogP contribution in [0.1, 0.15) is 0 Å². The molecule has 4 aromatic heterocycles. The maximum absolute atomic E-state index is 5.39. The Labute approximate surface area is 346 Å². The van der Waals surface area contributed by atoms with E-state index >= 15 is 0 Å². The Balaban J connectivity index is 1.03. The van der Waals surface area contributed by atoms with Crippen LogP contribution in [0.4, 0.5) is 0 Å². The molecule has 0 N–H and O–H groups in total. The van der Waals surface area contributed by atoms with Crippen LogP contribution in [0.25, 0.3) is 111 Å². The van der Waals surface area contributed by atoms with Crippen molar-refractivity contribution in [2.75, 3.05) is 0 Å². The second-order valence-electron chi connectivity index (χ2n) is 15.4. The van der Waals surface area contributed by atoms with Gasteiger partial charge in [-0.05, 0) is 124 Å². The minimum Gasteiger partial charge on any atom is -0.309 e. The number of para-hydroxylation sites is 4. The number of benzene rings is 8. The first kappa shape index (κ1) is 34.0. The summed E-state index contributed by atoms with van der Waals surface area (Å²) >= 11 is 0. The van der Waals surface area contributed by atoms with Crippen molar-refractivity contribution in [2.45, 2.75) is 0 Å². The maximum atomic E-state index is 5.39. The van der Waals surface area contributed by atoms with Crippen molar-refractivity contribution in [1.82, 2.24) is 19.1 Å². The molecule has 12 aromatic rings. The molecule has 8 aromatic carbocycles. The van der Waals surface area contributed by atoms with Crippen molar-refractivity contribution >= 4 is 54.5 Å². The molecule has 0 aliphatic carbocycles. The van der Waals surface area contributed by atoms with Crippen molar-refractivity contribution in [3.63, 3.8) is 0 Å². The Kier molecular flexibility index (Phi) is 7.82. The van der Waals surface area contributed by atoms with Gasteiger partial charge in [0.15, 0.2) is 0 Å². The fourth-order valence-electron chi connectivity index (χ4n) is 9.17. The van der Waals surface area contributed by atoms with E-state index in [1.807, 2.05) is 12.4 Å². The summed E-state index contributed by atoms with van der Waals surface area (Å²) in [7, 11) is 0. The van der Waals surface area contributed by atoms with Crippen molar-refractivity contribution in [3.05, 3.63) is 219 Å². The van der Waals surface area contributed by atoms with E-state index in [1.54, 1.807) is 0 Å².